The van der Waals surface area contributed by atoms with Crippen molar-refractivity contribution >= 4 is 11.9 Å². The van der Waals surface area contributed by atoms with Gasteiger partial charge in [-0.3, -0.25) is 0 Å². The molecule has 82 valence electrons. The van der Waals surface area contributed by atoms with Gasteiger partial charge in [0.15, 0.2) is 0 Å². The third kappa shape index (κ3) is 3.08. The molecule has 0 unspecified atom stereocenters. The highest BCUT2D eigenvalue weighted by molar-refractivity contribution is 5.86. The van der Waals surface area contributed by atoms with E-state index >= 15 is 0 Å². The molecule has 15 heavy (non-hydrogen) atoms. The van der Waals surface area contributed by atoms with Crippen LogP contribution in [0.1, 0.15) is 44.7 Å². The van der Waals surface area contributed by atoms with Gasteiger partial charge in [-0.25, -0.2) is 0 Å². The van der Waals surface area contributed by atoms with E-state index in [2.05, 4.69) is 51.2 Å². The molecule has 2 nitrogen and oxygen atoms in total. The number of hydrogen-bond acceptors (Lipinski definition) is 2. The number of anilines is 1. The average molecular weight is 204 g/mol. The van der Waals surface area contributed by atoms with Crippen LogP contribution in [0.5, 0.6) is 0 Å². The highest BCUT2D eigenvalue weighted by Crippen LogP contribution is 2.21. The molecule has 0 saturated heterocycles. The molecule has 0 aromatic heterocycles. The molecule has 0 saturated carbocycles. The van der Waals surface area contributed by atoms with Gasteiger partial charge < -0.3 is 10.7 Å². The molecule has 0 amide bonds. The molecule has 2 heteroatoms. The van der Waals surface area contributed by atoms with Crippen molar-refractivity contribution in [2.24, 2.45) is 0 Å². The zero-order chi connectivity index (χ0) is 11.4. The van der Waals surface area contributed by atoms with Crippen molar-refractivity contribution in [3.05, 3.63) is 29.3 Å². The smallest absolute Gasteiger partial charge is 0.0431 e. The Morgan fingerprint density at radius 2 is 1.87 bits per heavy atom. The quantitative estimate of drug-likeness (QED) is 0.722. The van der Waals surface area contributed by atoms with Gasteiger partial charge in [0, 0.05) is 23.5 Å². The van der Waals surface area contributed by atoms with Gasteiger partial charge in [0.2, 0.25) is 0 Å². The standard InChI is InChI=1S/C13H20N2/c1-9(2)11-5-6-13(15-10(3)4)12(7-11)8-14/h5-10,14-15H,1-4H3. The van der Waals surface area contributed by atoms with Crippen LogP contribution in [0.3, 0.4) is 0 Å². The second-order valence-corrected chi connectivity index (χ2v) is 4.44. The molecule has 0 aliphatic carbocycles. The molecule has 1 rings (SSSR count). The van der Waals surface area contributed by atoms with Gasteiger partial charge in [-0.15, -0.1) is 0 Å². The molecule has 0 atom stereocenters. The average Bonchev–Trinajstić information content (AvgIpc) is 2.17. The van der Waals surface area contributed by atoms with E-state index in [0.717, 1.165) is 11.3 Å². The third-order valence-electron chi connectivity index (χ3n) is 2.34. The van der Waals surface area contributed by atoms with Crippen LogP contribution in [0.15, 0.2) is 18.2 Å². The Hall–Kier alpha value is -1.31. The monoisotopic (exact) mass is 204 g/mol. The summed E-state index contributed by atoms with van der Waals surface area (Å²) in [6.45, 7) is 8.53. The zero-order valence-electron chi connectivity index (χ0n) is 9.96. The third-order valence-corrected chi connectivity index (χ3v) is 2.34. The Morgan fingerprint density at radius 3 is 2.33 bits per heavy atom. The molecule has 0 heterocycles. The van der Waals surface area contributed by atoms with E-state index in [9.17, 15) is 0 Å². The van der Waals surface area contributed by atoms with Gasteiger partial charge >= 0.3 is 0 Å². The molecule has 0 fully saturated rings. The molecular formula is C13H20N2. The molecule has 0 aliphatic heterocycles. The second-order valence-electron chi connectivity index (χ2n) is 4.44. The lowest BCUT2D eigenvalue weighted by Crippen LogP contribution is -2.11. The first-order valence-corrected chi connectivity index (χ1v) is 5.45. The van der Waals surface area contributed by atoms with E-state index in [4.69, 9.17) is 5.41 Å². The minimum absolute atomic E-state index is 0.397. The van der Waals surface area contributed by atoms with E-state index in [-0.39, 0.29) is 0 Å². The topological polar surface area (TPSA) is 35.9 Å². The molecule has 1 aromatic carbocycles. The minimum Gasteiger partial charge on any atom is -0.382 e. The van der Waals surface area contributed by atoms with Crippen molar-refractivity contribution in [1.29, 1.82) is 5.41 Å². The van der Waals surface area contributed by atoms with Crippen LogP contribution in [0.4, 0.5) is 5.69 Å². The van der Waals surface area contributed by atoms with E-state index in [1.165, 1.54) is 11.8 Å². The fourth-order valence-corrected chi connectivity index (χ4v) is 1.50. The summed E-state index contributed by atoms with van der Waals surface area (Å²) in [5.41, 5.74) is 3.29. The summed E-state index contributed by atoms with van der Waals surface area (Å²) in [7, 11) is 0. The van der Waals surface area contributed by atoms with Crippen molar-refractivity contribution in [1.82, 2.24) is 0 Å². The molecule has 0 spiro atoms. The van der Waals surface area contributed by atoms with Crippen molar-refractivity contribution in [3.8, 4) is 0 Å². The number of hydrogen-bond donors (Lipinski definition) is 2. The summed E-state index contributed by atoms with van der Waals surface area (Å²) >= 11 is 0. The minimum atomic E-state index is 0.397. The highest BCUT2D eigenvalue weighted by Gasteiger charge is 2.05. The van der Waals surface area contributed by atoms with Crippen LogP contribution in [-0.4, -0.2) is 12.3 Å². The lowest BCUT2D eigenvalue weighted by molar-refractivity contribution is 0.864. The molecule has 0 radical (unpaired) electrons. The van der Waals surface area contributed by atoms with Crippen LogP contribution in [0, 0.1) is 5.41 Å². The lowest BCUT2D eigenvalue weighted by atomic mass is 10.00. The Kier molecular flexibility index (Phi) is 3.89. The Morgan fingerprint density at radius 1 is 1.20 bits per heavy atom. The summed E-state index contributed by atoms with van der Waals surface area (Å²) in [6, 6.07) is 6.68. The molecule has 2 N–H and O–H groups in total. The predicted molar refractivity (Wildman–Crippen MR) is 67.2 cm³/mol. The van der Waals surface area contributed by atoms with Crippen molar-refractivity contribution in [2.75, 3.05) is 5.32 Å². The molecule has 0 bridgehead atoms. The second kappa shape index (κ2) is 4.96. The first-order chi connectivity index (χ1) is 7.04. The predicted octanol–water partition coefficient (Wildman–Crippen LogP) is 3.63. The van der Waals surface area contributed by atoms with Gasteiger partial charge in [-0.1, -0.05) is 19.9 Å². The van der Waals surface area contributed by atoms with Gasteiger partial charge in [-0.05, 0) is 37.5 Å². The van der Waals surface area contributed by atoms with Gasteiger partial charge in [0.1, 0.15) is 0 Å². The highest BCUT2D eigenvalue weighted by atomic mass is 14.9. The summed E-state index contributed by atoms with van der Waals surface area (Å²) < 4.78 is 0. The van der Waals surface area contributed by atoms with Crippen molar-refractivity contribution in [3.63, 3.8) is 0 Å². The van der Waals surface area contributed by atoms with E-state index < -0.39 is 0 Å². The SMILES string of the molecule is CC(C)Nc1ccc(C(C)C)cc1C=N. The van der Waals surface area contributed by atoms with Gasteiger partial charge in [0.05, 0.1) is 0 Å². The van der Waals surface area contributed by atoms with Crippen LogP contribution in [-0.2, 0) is 0 Å². The summed E-state index contributed by atoms with van der Waals surface area (Å²) in [5.74, 6) is 0.511. The molecule has 1 aromatic rings. The van der Waals surface area contributed by atoms with Crippen LogP contribution >= 0.6 is 0 Å². The Labute approximate surface area is 92.2 Å². The maximum atomic E-state index is 7.40. The number of benzene rings is 1. The number of rotatable bonds is 4. The maximum Gasteiger partial charge on any atom is 0.0431 e. The molecule has 0 aliphatic rings. The van der Waals surface area contributed by atoms with Gasteiger partial charge in [0.25, 0.3) is 0 Å². The van der Waals surface area contributed by atoms with Crippen LogP contribution in [0.25, 0.3) is 0 Å². The van der Waals surface area contributed by atoms with Crippen molar-refractivity contribution < 1.29 is 0 Å². The van der Waals surface area contributed by atoms with Crippen LogP contribution < -0.4 is 5.32 Å². The van der Waals surface area contributed by atoms with Gasteiger partial charge in [-0.2, -0.15) is 0 Å². The van der Waals surface area contributed by atoms with E-state index in [1.807, 2.05) is 0 Å². The summed E-state index contributed by atoms with van der Waals surface area (Å²) in [5, 5.41) is 10.7. The Bertz CT molecular complexity index is 340. The Balaban J connectivity index is 3.03. The lowest BCUT2D eigenvalue weighted by Gasteiger charge is -2.14. The molecular weight excluding hydrogens is 184 g/mol. The maximum absolute atomic E-state index is 7.40. The summed E-state index contributed by atoms with van der Waals surface area (Å²) in [6.07, 6.45) is 1.41. The fourth-order valence-electron chi connectivity index (χ4n) is 1.50. The van der Waals surface area contributed by atoms with E-state index in [1.54, 1.807) is 0 Å². The van der Waals surface area contributed by atoms with Crippen LogP contribution in [0.2, 0.25) is 0 Å². The van der Waals surface area contributed by atoms with Crippen molar-refractivity contribution in [2.45, 2.75) is 39.7 Å². The fraction of sp³-hybridized carbons (Fsp3) is 0.462. The number of nitrogens with one attached hydrogen (secondary N) is 2. The zero-order valence-corrected chi connectivity index (χ0v) is 9.96. The first-order valence-electron chi connectivity index (χ1n) is 5.45. The largest absolute Gasteiger partial charge is 0.382 e. The first kappa shape index (κ1) is 11.8. The van der Waals surface area contributed by atoms with E-state index in [0.29, 0.717) is 12.0 Å². The summed E-state index contributed by atoms with van der Waals surface area (Å²) in [4.78, 5) is 0. The normalized spacial score (nSPS) is 10.8.